The Labute approximate surface area is 162 Å². The Hall–Kier alpha value is -1.43. The molecule has 0 aromatic heterocycles. The highest BCUT2D eigenvalue weighted by Gasteiger charge is 2.45. The predicted octanol–water partition coefficient (Wildman–Crippen LogP) is 4.77. The average molecular weight is 397 g/mol. The quantitative estimate of drug-likeness (QED) is 0.405. The second-order valence-corrected chi connectivity index (χ2v) is 12.4. The number of benzene rings is 1. The van der Waals surface area contributed by atoms with Gasteiger partial charge in [-0.05, 0) is 38.3 Å². The maximum absolute atomic E-state index is 13.8. The number of piperazine rings is 1. The number of nitrogens with zero attached hydrogens (tertiary/aromatic N) is 3. The molecule has 8 heteroatoms. The largest absolute Gasteiger partial charge is 0.369 e. The topological polar surface area (TPSA) is 75.9 Å². The molecule has 1 fully saturated rings. The second-order valence-electron chi connectivity index (χ2n) is 9.24. The molecule has 0 aliphatic carbocycles. The van der Waals surface area contributed by atoms with Crippen molar-refractivity contribution in [2.24, 2.45) is 5.41 Å². The number of hydrogen-bond donors (Lipinski definition) is 0. The summed E-state index contributed by atoms with van der Waals surface area (Å²) >= 11 is 0. The van der Waals surface area contributed by atoms with E-state index in [2.05, 4.69) is 25.7 Å². The van der Waals surface area contributed by atoms with Gasteiger partial charge in [0.2, 0.25) is 0 Å². The SMILES string of the molecule is CC(C)(C)COP(=O)(N1CCN(c2ccc([N+](=O)[O-])cc2)CC1)C(C)(C)C. The monoisotopic (exact) mass is 397 g/mol. The van der Waals surface area contributed by atoms with Gasteiger partial charge in [0, 0.05) is 44.0 Å². The van der Waals surface area contributed by atoms with Gasteiger partial charge in [0.25, 0.3) is 13.2 Å². The van der Waals surface area contributed by atoms with E-state index in [4.69, 9.17) is 4.52 Å². The van der Waals surface area contributed by atoms with Crippen molar-refractivity contribution < 1.29 is 14.0 Å². The van der Waals surface area contributed by atoms with Crippen LogP contribution in [0.25, 0.3) is 0 Å². The molecule has 152 valence electrons. The van der Waals surface area contributed by atoms with E-state index in [1.807, 2.05) is 25.4 Å². The predicted molar refractivity (Wildman–Crippen MR) is 110 cm³/mol. The summed E-state index contributed by atoms with van der Waals surface area (Å²) in [7, 11) is -3.00. The van der Waals surface area contributed by atoms with E-state index in [9.17, 15) is 14.7 Å². The van der Waals surface area contributed by atoms with Crippen LogP contribution in [0.4, 0.5) is 11.4 Å². The molecule has 0 bridgehead atoms. The van der Waals surface area contributed by atoms with Crippen LogP contribution in [-0.4, -0.2) is 47.5 Å². The van der Waals surface area contributed by atoms with Gasteiger partial charge in [0.1, 0.15) is 0 Å². The number of hydrogen-bond acceptors (Lipinski definition) is 5. The van der Waals surface area contributed by atoms with Crippen LogP contribution in [0.1, 0.15) is 41.5 Å². The molecule has 0 amide bonds. The van der Waals surface area contributed by atoms with Gasteiger partial charge >= 0.3 is 0 Å². The van der Waals surface area contributed by atoms with E-state index in [-0.39, 0.29) is 11.1 Å². The molecule has 1 aromatic carbocycles. The molecule has 0 spiro atoms. The van der Waals surface area contributed by atoms with Gasteiger partial charge < -0.3 is 9.42 Å². The van der Waals surface area contributed by atoms with Crippen LogP contribution in [-0.2, 0) is 9.09 Å². The van der Waals surface area contributed by atoms with E-state index in [0.717, 1.165) is 5.69 Å². The minimum absolute atomic E-state index is 0.0541. The molecule has 1 unspecified atom stereocenters. The van der Waals surface area contributed by atoms with E-state index in [1.54, 1.807) is 12.1 Å². The van der Waals surface area contributed by atoms with Gasteiger partial charge in [-0.25, -0.2) is 4.67 Å². The van der Waals surface area contributed by atoms with Crippen LogP contribution in [0.2, 0.25) is 0 Å². The van der Waals surface area contributed by atoms with Crippen LogP contribution in [0, 0.1) is 15.5 Å². The first-order valence-corrected chi connectivity index (χ1v) is 10.9. The maximum Gasteiger partial charge on any atom is 0.277 e. The number of anilines is 1. The van der Waals surface area contributed by atoms with Crippen molar-refractivity contribution in [3.63, 3.8) is 0 Å². The molecule has 1 aliphatic rings. The van der Waals surface area contributed by atoms with Crippen LogP contribution in [0.3, 0.4) is 0 Å². The number of nitro benzene ring substituents is 1. The van der Waals surface area contributed by atoms with Gasteiger partial charge in [-0.2, -0.15) is 0 Å². The third kappa shape index (κ3) is 5.31. The van der Waals surface area contributed by atoms with E-state index < -0.39 is 17.6 Å². The summed E-state index contributed by atoms with van der Waals surface area (Å²) in [6.45, 7) is 15.3. The van der Waals surface area contributed by atoms with Crippen molar-refractivity contribution in [3.05, 3.63) is 34.4 Å². The van der Waals surface area contributed by atoms with Gasteiger partial charge in [-0.3, -0.25) is 14.7 Å². The van der Waals surface area contributed by atoms with Crippen molar-refractivity contribution >= 4 is 18.9 Å². The third-order valence-electron chi connectivity index (χ3n) is 4.57. The van der Waals surface area contributed by atoms with Crippen molar-refractivity contribution in [1.29, 1.82) is 0 Å². The molecule has 0 radical (unpaired) electrons. The van der Waals surface area contributed by atoms with Crippen LogP contribution < -0.4 is 4.90 Å². The molecule has 1 heterocycles. The van der Waals surface area contributed by atoms with Gasteiger partial charge in [0.15, 0.2) is 0 Å². The molecular weight excluding hydrogens is 365 g/mol. The number of nitro groups is 1. The van der Waals surface area contributed by atoms with Crippen molar-refractivity contribution in [2.45, 2.75) is 46.7 Å². The summed E-state index contributed by atoms with van der Waals surface area (Å²) < 4.78 is 21.9. The maximum atomic E-state index is 13.8. The summed E-state index contributed by atoms with van der Waals surface area (Å²) in [5.41, 5.74) is 0.980. The normalized spacial score (nSPS) is 19.0. The summed E-state index contributed by atoms with van der Waals surface area (Å²) in [6, 6.07) is 6.59. The van der Waals surface area contributed by atoms with Crippen molar-refractivity contribution in [3.8, 4) is 0 Å². The molecule has 1 aromatic rings. The lowest BCUT2D eigenvalue weighted by atomic mass is 9.99. The van der Waals surface area contributed by atoms with Crippen LogP contribution in [0.5, 0.6) is 0 Å². The Bertz CT molecular complexity index is 699. The average Bonchev–Trinajstić information content (AvgIpc) is 2.58. The Kier molecular flexibility index (Phi) is 6.40. The van der Waals surface area contributed by atoms with Crippen LogP contribution in [0.15, 0.2) is 24.3 Å². The number of rotatable bonds is 5. The lowest BCUT2D eigenvalue weighted by Gasteiger charge is -2.44. The van der Waals surface area contributed by atoms with E-state index in [0.29, 0.717) is 32.8 Å². The second kappa shape index (κ2) is 7.90. The summed E-state index contributed by atoms with van der Waals surface area (Å²) in [4.78, 5) is 12.6. The Morgan fingerprint density at radius 2 is 1.56 bits per heavy atom. The zero-order valence-electron chi connectivity index (χ0n) is 17.3. The Balaban J connectivity index is 2.08. The highest BCUT2D eigenvalue weighted by atomic mass is 31.2. The van der Waals surface area contributed by atoms with Gasteiger partial charge in [0.05, 0.1) is 16.7 Å². The minimum Gasteiger partial charge on any atom is -0.369 e. The fourth-order valence-electron chi connectivity index (χ4n) is 2.98. The Morgan fingerprint density at radius 3 is 1.96 bits per heavy atom. The smallest absolute Gasteiger partial charge is 0.277 e. The highest BCUT2D eigenvalue weighted by Crippen LogP contribution is 2.62. The summed E-state index contributed by atoms with van der Waals surface area (Å²) in [6.07, 6.45) is 0. The minimum atomic E-state index is -3.00. The van der Waals surface area contributed by atoms with Crippen molar-refractivity contribution in [1.82, 2.24) is 4.67 Å². The molecule has 1 saturated heterocycles. The van der Waals surface area contributed by atoms with E-state index in [1.165, 1.54) is 12.1 Å². The zero-order valence-corrected chi connectivity index (χ0v) is 18.2. The first kappa shape index (κ1) is 21.9. The summed E-state index contributed by atoms with van der Waals surface area (Å²) in [5, 5.41) is 10.3. The van der Waals surface area contributed by atoms with Gasteiger partial charge in [-0.1, -0.05) is 20.8 Å². The zero-order chi connectivity index (χ0) is 20.5. The fourth-order valence-corrected chi connectivity index (χ4v) is 5.65. The first-order valence-electron chi connectivity index (χ1n) is 9.33. The molecular formula is C19H32N3O4P. The van der Waals surface area contributed by atoms with Crippen LogP contribution >= 0.6 is 7.52 Å². The molecule has 1 atom stereocenters. The van der Waals surface area contributed by atoms with Gasteiger partial charge in [-0.15, -0.1) is 0 Å². The fraction of sp³-hybridized carbons (Fsp3) is 0.684. The lowest BCUT2D eigenvalue weighted by molar-refractivity contribution is -0.384. The Morgan fingerprint density at radius 1 is 1.04 bits per heavy atom. The first-order chi connectivity index (χ1) is 12.3. The van der Waals surface area contributed by atoms with E-state index >= 15 is 0 Å². The summed E-state index contributed by atoms with van der Waals surface area (Å²) in [5.74, 6) is 0. The molecule has 7 nitrogen and oxygen atoms in total. The number of non-ortho nitro benzene ring substituents is 1. The molecule has 0 N–H and O–H groups in total. The third-order valence-corrected chi connectivity index (χ3v) is 7.89. The molecule has 2 rings (SSSR count). The molecule has 27 heavy (non-hydrogen) atoms. The lowest BCUT2D eigenvalue weighted by Crippen LogP contribution is -2.47. The van der Waals surface area contributed by atoms with Crippen molar-refractivity contribution in [2.75, 3.05) is 37.7 Å². The molecule has 0 saturated carbocycles. The highest BCUT2D eigenvalue weighted by molar-refractivity contribution is 7.58. The molecule has 1 aliphatic heterocycles. The standard InChI is InChI=1S/C19H32N3O4P/c1-18(2,3)15-26-27(25,19(4,5)6)21-13-11-20(12-14-21)16-7-9-17(10-8-16)22(23)24/h7-10H,11-15H2,1-6H3.